The number of phosphoric ester groups is 1. The number of unbranched alkanes of at least 4 members (excludes halogenated alkanes) is 17. The molecule has 0 aromatic carbocycles. The quantitative estimate of drug-likeness (QED) is 0.0289. The minimum Gasteiger partial charge on any atom is -0.462 e. The van der Waals surface area contributed by atoms with Crippen molar-refractivity contribution in [1.82, 2.24) is 0 Å². The van der Waals surface area contributed by atoms with Gasteiger partial charge < -0.3 is 19.3 Å². The first kappa shape index (κ1) is 47.0. The van der Waals surface area contributed by atoms with Crippen LogP contribution in [-0.2, 0) is 28.2 Å². The Kier molecular flexibility index (Phi) is 34.4. The molecular weight excluding hydrogens is 639 g/mol. The average Bonchev–Trinajstić information content (AvgIpc) is 3.07. The van der Waals surface area contributed by atoms with Crippen molar-refractivity contribution in [2.24, 2.45) is 0 Å². The molecule has 0 rings (SSSR count). The van der Waals surface area contributed by atoms with Gasteiger partial charge in [-0.15, -0.1) is 0 Å². The van der Waals surface area contributed by atoms with E-state index in [1.54, 1.807) is 0 Å². The van der Waals surface area contributed by atoms with Crippen molar-refractivity contribution in [2.45, 2.75) is 180 Å². The smallest absolute Gasteiger partial charge is 0.462 e. The number of carbonyl (C=O) groups excluding carboxylic acids is 2. The van der Waals surface area contributed by atoms with E-state index in [2.05, 4.69) is 60.9 Å². The summed E-state index contributed by atoms with van der Waals surface area (Å²) in [6.07, 6.45) is 42.8. The lowest BCUT2D eigenvalue weighted by atomic mass is 10.1. The van der Waals surface area contributed by atoms with Gasteiger partial charge in [0, 0.05) is 12.8 Å². The van der Waals surface area contributed by atoms with E-state index in [1.165, 1.54) is 96.3 Å². The van der Waals surface area contributed by atoms with Crippen LogP contribution in [0.5, 0.6) is 0 Å². The maximum absolute atomic E-state index is 12.3. The van der Waals surface area contributed by atoms with Gasteiger partial charge in [0.15, 0.2) is 6.10 Å². The SMILES string of the molecule is CCCCCCCCC/C=C/C/C=C/C/C=C/C/C=C/CCCC(=O)O[C@H](COC(=O)CCCCCCCCCCCC)COP(=O)(O)O. The van der Waals surface area contributed by atoms with E-state index in [4.69, 9.17) is 19.3 Å². The molecule has 1 atom stereocenters. The Balaban J connectivity index is 4.05. The summed E-state index contributed by atoms with van der Waals surface area (Å²) in [6, 6.07) is 0. The van der Waals surface area contributed by atoms with E-state index in [1.807, 2.05) is 6.08 Å². The van der Waals surface area contributed by atoms with Crippen LogP contribution in [0.1, 0.15) is 174 Å². The van der Waals surface area contributed by atoms with Gasteiger partial charge in [0.05, 0.1) is 6.61 Å². The molecule has 0 saturated carbocycles. The Morgan fingerprint density at radius 2 is 0.939 bits per heavy atom. The largest absolute Gasteiger partial charge is 0.469 e. The molecule has 0 amide bonds. The maximum Gasteiger partial charge on any atom is 0.469 e. The van der Waals surface area contributed by atoms with Crippen LogP contribution in [-0.4, -0.2) is 41.0 Å². The minimum absolute atomic E-state index is 0.136. The summed E-state index contributed by atoms with van der Waals surface area (Å²) in [7, 11) is -4.76. The first-order chi connectivity index (χ1) is 23.8. The van der Waals surface area contributed by atoms with Gasteiger partial charge in [-0.25, -0.2) is 4.57 Å². The third kappa shape index (κ3) is 38.7. The summed E-state index contributed by atoms with van der Waals surface area (Å²) in [5, 5.41) is 0. The Labute approximate surface area is 299 Å². The standard InChI is InChI=1S/C40H71O8P/c1-3-5-7-9-11-13-15-16-17-18-19-20-21-22-23-24-25-27-29-31-33-35-40(42)48-38(37-47-49(43,44)45)36-46-39(41)34-32-30-28-26-14-12-10-8-6-4-2/h17-18,20-21,23-24,27,29,38H,3-16,19,22,25-26,28,30-37H2,1-2H3,(H2,43,44,45)/b18-17+,21-20+,24-23+,29-27+/t38-/m1/s1. The molecule has 0 unspecified atom stereocenters. The lowest BCUT2D eigenvalue weighted by molar-refractivity contribution is -0.161. The van der Waals surface area contributed by atoms with Crippen LogP contribution >= 0.6 is 7.82 Å². The average molecular weight is 711 g/mol. The first-order valence-corrected chi connectivity index (χ1v) is 21.0. The number of rotatable bonds is 35. The second-order valence-electron chi connectivity index (χ2n) is 12.9. The molecule has 0 saturated heterocycles. The number of hydrogen-bond acceptors (Lipinski definition) is 6. The molecule has 0 bridgehead atoms. The normalized spacial score (nSPS) is 13.0. The number of ether oxygens (including phenoxy) is 2. The van der Waals surface area contributed by atoms with E-state index in [-0.39, 0.29) is 19.4 Å². The Hall–Kier alpha value is -1.99. The monoisotopic (exact) mass is 710 g/mol. The maximum atomic E-state index is 12.3. The molecule has 0 aliphatic heterocycles. The Bertz CT molecular complexity index is 937. The summed E-state index contributed by atoms with van der Waals surface area (Å²) in [5.74, 6) is -0.953. The highest BCUT2D eigenvalue weighted by Crippen LogP contribution is 2.36. The molecule has 9 heteroatoms. The third-order valence-electron chi connectivity index (χ3n) is 8.10. The number of allylic oxidation sites excluding steroid dienone is 8. The van der Waals surface area contributed by atoms with E-state index in [9.17, 15) is 14.2 Å². The second-order valence-corrected chi connectivity index (χ2v) is 14.1. The molecule has 0 radical (unpaired) electrons. The molecule has 0 aliphatic carbocycles. The van der Waals surface area contributed by atoms with Crippen molar-refractivity contribution in [3.8, 4) is 0 Å². The molecule has 284 valence electrons. The van der Waals surface area contributed by atoms with Crippen LogP contribution < -0.4 is 0 Å². The van der Waals surface area contributed by atoms with Crippen LogP contribution in [0.3, 0.4) is 0 Å². The lowest BCUT2D eigenvalue weighted by Gasteiger charge is -2.18. The zero-order chi connectivity index (χ0) is 36.1. The highest BCUT2D eigenvalue weighted by molar-refractivity contribution is 7.46. The molecule has 0 aromatic heterocycles. The van der Waals surface area contributed by atoms with E-state index in [0.29, 0.717) is 12.8 Å². The Morgan fingerprint density at radius 3 is 1.43 bits per heavy atom. The zero-order valence-electron chi connectivity index (χ0n) is 31.1. The zero-order valence-corrected chi connectivity index (χ0v) is 32.0. The lowest BCUT2D eigenvalue weighted by Crippen LogP contribution is -2.29. The van der Waals surface area contributed by atoms with E-state index in [0.717, 1.165) is 38.5 Å². The van der Waals surface area contributed by atoms with Gasteiger partial charge in [-0.05, 0) is 51.4 Å². The van der Waals surface area contributed by atoms with Crippen LogP contribution in [0.25, 0.3) is 0 Å². The van der Waals surface area contributed by atoms with Crippen molar-refractivity contribution < 1.29 is 37.9 Å². The fourth-order valence-electron chi connectivity index (χ4n) is 5.19. The number of carbonyl (C=O) groups is 2. The predicted octanol–water partition coefficient (Wildman–Crippen LogP) is 11.6. The number of esters is 2. The minimum atomic E-state index is -4.76. The topological polar surface area (TPSA) is 119 Å². The summed E-state index contributed by atoms with van der Waals surface area (Å²) in [5.41, 5.74) is 0. The van der Waals surface area contributed by atoms with Gasteiger partial charge in [0.25, 0.3) is 0 Å². The summed E-state index contributed by atoms with van der Waals surface area (Å²) >= 11 is 0. The number of hydrogen-bond donors (Lipinski definition) is 2. The summed E-state index contributed by atoms with van der Waals surface area (Å²) in [4.78, 5) is 42.6. The van der Waals surface area contributed by atoms with Crippen molar-refractivity contribution in [1.29, 1.82) is 0 Å². The van der Waals surface area contributed by atoms with Gasteiger partial charge in [-0.2, -0.15) is 0 Å². The fourth-order valence-corrected chi connectivity index (χ4v) is 5.55. The molecule has 0 heterocycles. The van der Waals surface area contributed by atoms with Crippen LogP contribution in [0, 0.1) is 0 Å². The molecule has 8 nitrogen and oxygen atoms in total. The highest BCUT2D eigenvalue weighted by Gasteiger charge is 2.22. The van der Waals surface area contributed by atoms with Crippen molar-refractivity contribution in [3.05, 3.63) is 48.6 Å². The van der Waals surface area contributed by atoms with Gasteiger partial charge in [-0.1, -0.05) is 159 Å². The third-order valence-corrected chi connectivity index (χ3v) is 8.59. The summed E-state index contributed by atoms with van der Waals surface area (Å²) in [6.45, 7) is 3.61. The van der Waals surface area contributed by atoms with Gasteiger partial charge in [0.1, 0.15) is 6.61 Å². The molecule has 0 spiro atoms. The van der Waals surface area contributed by atoms with E-state index >= 15 is 0 Å². The van der Waals surface area contributed by atoms with Crippen molar-refractivity contribution in [2.75, 3.05) is 13.2 Å². The van der Waals surface area contributed by atoms with Crippen LogP contribution in [0.2, 0.25) is 0 Å². The van der Waals surface area contributed by atoms with Crippen LogP contribution in [0.15, 0.2) is 48.6 Å². The molecule has 2 N–H and O–H groups in total. The molecular formula is C40H71O8P. The number of phosphoric acid groups is 1. The summed E-state index contributed by atoms with van der Waals surface area (Å²) < 4.78 is 26.2. The van der Waals surface area contributed by atoms with Gasteiger partial charge >= 0.3 is 19.8 Å². The highest BCUT2D eigenvalue weighted by atomic mass is 31.2. The fraction of sp³-hybridized carbons (Fsp3) is 0.750. The van der Waals surface area contributed by atoms with Crippen LogP contribution in [0.4, 0.5) is 0 Å². The van der Waals surface area contributed by atoms with Gasteiger partial charge in [-0.3, -0.25) is 14.1 Å². The molecule has 0 aliphatic rings. The Morgan fingerprint density at radius 1 is 0.531 bits per heavy atom. The second kappa shape index (κ2) is 35.8. The first-order valence-electron chi connectivity index (χ1n) is 19.4. The predicted molar refractivity (Wildman–Crippen MR) is 202 cm³/mol. The molecule has 0 aromatic rings. The molecule has 0 fully saturated rings. The van der Waals surface area contributed by atoms with Gasteiger partial charge in [0.2, 0.25) is 0 Å². The van der Waals surface area contributed by atoms with E-state index < -0.39 is 32.5 Å². The van der Waals surface area contributed by atoms with Crippen molar-refractivity contribution in [3.63, 3.8) is 0 Å². The molecule has 49 heavy (non-hydrogen) atoms. The van der Waals surface area contributed by atoms with Crippen molar-refractivity contribution >= 4 is 19.8 Å².